The summed E-state index contributed by atoms with van der Waals surface area (Å²) < 4.78 is 1.35. The minimum Gasteiger partial charge on any atom is -0.271 e. The van der Waals surface area contributed by atoms with E-state index in [1.54, 1.807) is 0 Å². The van der Waals surface area contributed by atoms with E-state index in [0.29, 0.717) is 0 Å². The molecule has 0 spiro atoms. The molecule has 2 nitrogen and oxygen atoms in total. The number of unbranched alkanes of at least 4 members (excludes halogenated alkanes) is 1. The predicted octanol–water partition coefficient (Wildman–Crippen LogP) is 5.01. The molecule has 2 atom stereocenters. The van der Waals surface area contributed by atoms with Crippen LogP contribution in [0.1, 0.15) is 57.6 Å². The summed E-state index contributed by atoms with van der Waals surface area (Å²) in [7, 11) is 0. The first kappa shape index (κ1) is 15.5. The van der Waals surface area contributed by atoms with Crippen LogP contribution in [0, 0.1) is 5.92 Å². The molecule has 0 aliphatic rings. The molecule has 2 rings (SSSR count). The Morgan fingerprint density at radius 1 is 1.25 bits per heavy atom. The topological polar surface area (TPSA) is 38.0 Å². The fourth-order valence-electron chi connectivity index (χ4n) is 2.87. The summed E-state index contributed by atoms with van der Waals surface area (Å²) in [5.74, 6) is 6.60. The molecule has 0 fully saturated rings. The lowest BCUT2D eigenvalue weighted by atomic mass is 9.89. The summed E-state index contributed by atoms with van der Waals surface area (Å²) in [6, 6.07) is 8.88. The van der Waals surface area contributed by atoms with Gasteiger partial charge in [-0.05, 0) is 34.7 Å². The Morgan fingerprint density at radius 2 is 2.05 bits per heavy atom. The van der Waals surface area contributed by atoms with E-state index in [1.165, 1.54) is 41.3 Å². The van der Waals surface area contributed by atoms with Crippen molar-refractivity contribution in [2.45, 2.75) is 52.0 Å². The van der Waals surface area contributed by atoms with Crippen LogP contribution in [0.3, 0.4) is 0 Å². The first-order valence-electron chi connectivity index (χ1n) is 7.72. The van der Waals surface area contributed by atoms with Crippen LogP contribution in [-0.4, -0.2) is 0 Å². The molecule has 2 unspecified atom stereocenters. The van der Waals surface area contributed by atoms with E-state index in [2.05, 4.69) is 48.9 Å². The lowest BCUT2D eigenvalue weighted by molar-refractivity contribution is 0.358. The third kappa shape index (κ3) is 3.60. The van der Waals surface area contributed by atoms with Gasteiger partial charge in [0.15, 0.2) is 0 Å². The Kier molecular flexibility index (Phi) is 6.02. The van der Waals surface area contributed by atoms with Gasteiger partial charge in [0.05, 0.1) is 0 Å². The molecule has 1 heterocycles. The fourth-order valence-corrected chi connectivity index (χ4v) is 3.88. The van der Waals surface area contributed by atoms with Gasteiger partial charge < -0.3 is 0 Å². The van der Waals surface area contributed by atoms with Crippen molar-refractivity contribution in [3.63, 3.8) is 0 Å². The molecule has 3 heteroatoms. The van der Waals surface area contributed by atoms with Crippen molar-refractivity contribution >= 4 is 21.4 Å². The third-order valence-electron chi connectivity index (χ3n) is 4.20. The van der Waals surface area contributed by atoms with Crippen LogP contribution in [-0.2, 0) is 0 Å². The second-order valence-electron chi connectivity index (χ2n) is 5.56. The Balaban J connectivity index is 2.15. The van der Waals surface area contributed by atoms with Gasteiger partial charge >= 0.3 is 0 Å². The number of rotatable bonds is 8. The highest BCUT2D eigenvalue weighted by atomic mass is 32.1. The van der Waals surface area contributed by atoms with Gasteiger partial charge in [0.2, 0.25) is 0 Å². The van der Waals surface area contributed by atoms with Crippen LogP contribution >= 0.6 is 11.3 Å². The number of hydrazine groups is 1. The molecule has 0 saturated heterocycles. The molecule has 0 aliphatic heterocycles. The Bertz CT molecular complexity index is 520. The van der Waals surface area contributed by atoms with Crippen molar-refractivity contribution in [2.24, 2.45) is 11.8 Å². The maximum Gasteiger partial charge on any atom is 0.0477 e. The Labute approximate surface area is 126 Å². The molecule has 1 aromatic carbocycles. The van der Waals surface area contributed by atoms with E-state index in [0.717, 1.165) is 12.3 Å². The van der Waals surface area contributed by atoms with Crippen molar-refractivity contribution < 1.29 is 0 Å². The van der Waals surface area contributed by atoms with Gasteiger partial charge in [0.1, 0.15) is 0 Å². The van der Waals surface area contributed by atoms with Gasteiger partial charge in [-0.25, -0.2) is 0 Å². The van der Waals surface area contributed by atoms with E-state index in [1.807, 2.05) is 11.3 Å². The van der Waals surface area contributed by atoms with E-state index in [-0.39, 0.29) is 6.04 Å². The smallest absolute Gasteiger partial charge is 0.0477 e. The molecule has 0 aliphatic carbocycles. The summed E-state index contributed by atoms with van der Waals surface area (Å²) in [5, 5.41) is 3.62. The zero-order valence-corrected chi connectivity index (χ0v) is 13.4. The SMILES string of the molecule is CCCCC(CC)CC(NN)c1csc2ccccc12. The fraction of sp³-hybridized carbons (Fsp3) is 0.529. The van der Waals surface area contributed by atoms with Crippen LogP contribution in [0.5, 0.6) is 0 Å². The Morgan fingerprint density at radius 3 is 2.75 bits per heavy atom. The molecule has 0 bridgehead atoms. The van der Waals surface area contributed by atoms with Crippen molar-refractivity contribution in [3.8, 4) is 0 Å². The van der Waals surface area contributed by atoms with Gasteiger partial charge in [-0.2, -0.15) is 0 Å². The summed E-state index contributed by atoms with van der Waals surface area (Å²) in [4.78, 5) is 0. The van der Waals surface area contributed by atoms with E-state index >= 15 is 0 Å². The molecule has 0 saturated carbocycles. The first-order valence-corrected chi connectivity index (χ1v) is 8.60. The van der Waals surface area contributed by atoms with Crippen LogP contribution in [0.25, 0.3) is 10.1 Å². The lowest BCUT2D eigenvalue weighted by Crippen LogP contribution is -2.29. The molecule has 2 aromatic rings. The quantitative estimate of drug-likeness (QED) is 0.529. The van der Waals surface area contributed by atoms with Gasteiger partial charge in [-0.15, -0.1) is 11.3 Å². The maximum atomic E-state index is 5.84. The van der Waals surface area contributed by atoms with Gasteiger partial charge in [0, 0.05) is 10.7 Å². The molecule has 3 N–H and O–H groups in total. The zero-order valence-electron chi connectivity index (χ0n) is 12.6. The highest BCUT2D eigenvalue weighted by molar-refractivity contribution is 7.17. The summed E-state index contributed by atoms with van der Waals surface area (Å²) in [6.07, 6.45) is 6.28. The number of nitrogens with one attached hydrogen (secondary N) is 1. The van der Waals surface area contributed by atoms with Crippen LogP contribution in [0.15, 0.2) is 29.6 Å². The van der Waals surface area contributed by atoms with Crippen LogP contribution in [0.2, 0.25) is 0 Å². The number of fused-ring (bicyclic) bond motifs is 1. The number of hydrogen-bond acceptors (Lipinski definition) is 3. The van der Waals surface area contributed by atoms with Gasteiger partial charge in [-0.1, -0.05) is 57.7 Å². The number of thiophene rings is 1. The van der Waals surface area contributed by atoms with E-state index < -0.39 is 0 Å². The second-order valence-corrected chi connectivity index (χ2v) is 6.47. The van der Waals surface area contributed by atoms with Crippen molar-refractivity contribution in [2.75, 3.05) is 0 Å². The molecular formula is C17H26N2S. The minimum absolute atomic E-state index is 0.271. The highest BCUT2D eigenvalue weighted by Crippen LogP contribution is 2.34. The summed E-state index contributed by atoms with van der Waals surface area (Å²) in [5.41, 5.74) is 4.41. The monoisotopic (exact) mass is 290 g/mol. The number of nitrogens with two attached hydrogens (primary N) is 1. The largest absolute Gasteiger partial charge is 0.271 e. The lowest BCUT2D eigenvalue weighted by Gasteiger charge is -2.22. The van der Waals surface area contributed by atoms with Gasteiger partial charge in [0.25, 0.3) is 0 Å². The number of hydrogen-bond donors (Lipinski definition) is 2. The molecule has 20 heavy (non-hydrogen) atoms. The number of benzene rings is 1. The molecule has 0 radical (unpaired) electrons. The molecule has 0 amide bonds. The normalized spacial score (nSPS) is 14.6. The molecular weight excluding hydrogens is 264 g/mol. The van der Waals surface area contributed by atoms with E-state index in [4.69, 9.17) is 5.84 Å². The second kappa shape index (κ2) is 7.77. The van der Waals surface area contributed by atoms with Crippen LogP contribution < -0.4 is 11.3 Å². The van der Waals surface area contributed by atoms with E-state index in [9.17, 15) is 0 Å². The minimum atomic E-state index is 0.271. The van der Waals surface area contributed by atoms with Crippen molar-refractivity contribution in [3.05, 3.63) is 35.2 Å². The predicted molar refractivity (Wildman–Crippen MR) is 89.8 cm³/mol. The van der Waals surface area contributed by atoms with Crippen LogP contribution in [0.4, 0.5) is 0 Å². The van der Waals surface area contributed by atoms with Crippen molar-refractivity contribution in [1.29, 1.82) is 0 Å². The average molecular weight is 290 g/mol. The molecule has 1 aromatic heterocycles. The first-order chi connectivity index (χ1) is 9.80. The zero-order chi connectivity index (χ0) is 14.4. The average Bonchev–Trinajstić information content (AvgIpc) is 2.92. The van der Waals surface area contributed by atoms with Gasteiger partial charge in [-0.3, -0.25) is 11.3 Å². The third-order valence-corrected chi connectivity index (χ3v) is 5.18. The summed E-state index contributed by atoms with van der Waals surface area (Å²) in [6.45, 7) is 4.55. The standard InChI is InChI=1S/C17H26N2S/c1-3-5-8-13(4-2)11-16(19-18)15-12-20-17-10-7-6-9-14(15)17/h6-7,9-10,12-13,16,19H,3-5,8,11,18H2,1-2H3. The summed E-state index contributed by atoms with van der Waals surface area (Å²) >= 11 is 1.81. The molecule has 110 valence electrons. The Hall–Kier alpha value is -0.900. The maximum absolute atomic E-state index is 5.84. The van der Waals surface area contributed by atoms with Crippen molar-refractivity contribution in [1.82, 2.24) is 5.43 Å². The highest BCUT2D eigenvalue weighted by Gasteiger charge is 2.18.